The summed E-state index contributed by atoms with van der Waals surface area (Å²) in [5.74, 6) is -0.0447. The van der Waals surface area contributed by atoms with Crippen molar-refractivity contribution in [2.45, 2.75) is 32.1 Å². The van der Waals surface area contributed by atoms with Gasteiger partial charge in [0.15, 0.2) is 0 Å². The van der Waals surface area contributed by atoms with Gasteiger partial charge in [0.25, 0.3) is 5.56 Å². The zero-order valence-corrected chi connectivity index (χ0v) is 20.8. The van der Waals surface area contributed by atoms with Crippen LogP contribution >= 0.6 is 11.3 Å². The number of amides is 1. The number of anilines is 1. The highest BCUT2D eigenvalue weighted by molar-refractivity contribution is 7.21. The van der Waals surface area contributed by atoms with Crippen LogP contribution in [-0.2, 0) is 11.8 Å². The number of aryl methyl sites for hydroxylation is 1. The largest absolute Gasteiger partial charge is 0.325 e. The molecule has 10 nitrogen and oxygen atoms in total. The van der Waals surface area contributed by atoms with Crippen molar-refractivity contribution < 1.29 is 4.79 Å². The first-order valence-electron chi connectivity index (χ1n) is 12.3. The summed E-state index contributed by atoms with van der Waals surface area (Å²) in [5.41, 5.74) is 3.66. The highest BCUT2D eigenvalue weighted by Crippen LogP contribution is 2.53. The van der Waals surface area contributed by atoms with E-state index in [0.29, 0.717) is 39.5 Å². The number of carbonyl (C=O) groups excluding carboxylic acids is 1. The van der Waals surface area contributed by atoms with Crippen LogP contribution in [0.25, 0.3) is 37.2 Å². The van der Waals surface area contributed by atoms with Gasteiger partial charge >= 0.3 is 0 Å². The molecule has 0 aromatic carbocycles. The summed E-state index contributed by atoms with van der Waals surface area (Å²) in [6.07, 6.45) is 13.0. The second-order valence-electron chi connectivity index (χ2n) is 10.2. The summed E-state index contributed by atoms with van der Waals surface area (Å²) in [6.45, 7) is 2.95. The van der Waals surface area contributed by atoms with Crippen LogP contribution in [0.2, 0.25) is 0 Å². The van der Waals surface area contributed by atoms with Gasteiger partial charge in [0.2, 0.25) is 5.91 Å². The van der Waals surface area contributed by atoms with Crippen LogP contribution in [0.5, 0.6) is 0 Å². The minimum Gasteiger partial charge on any atom is -0.325 e. The third kappa shape index (κ3) is 3.70. The van der Waals surface area contributed by atoms with E-state index in [2.05, 4.69) is 30.4 Å². The Kier molecular flexibility index (Phi) is 4.80. The van der Waals surface area contributed by atoms with Gasteiger partial charge in [-0.05, 0) is 50.3 Å². The summed E-state index contributed by atoms with van der Waals surface area (Å²) >= 11 is 1.49. The summed E-state index contributed by atoms with van der Waals surface area (Å²) < 4.78 is 3.47. The third-order valence-corrected chi connectivity index (χ3v) is 8.85. The van der Waals surface area contributed by atoms with Gasteiger partial charge in [0.05, 0.1) is 28.5 Å². The number of fused-ring (bicyclic) bond motifs is 5. The van der Waals surface area contributed by atoms with E-state index in [1.54, 1.807) is 27.7 Å². The molecule has 1 aliphatic carbocycles. The van der Waals surface area contributed by atoms with Crippen molar-refractivity contribution in [1.82, 2.24) is 34.3 Å². The number of aromatic nitrogens is 6. The lowest BCUT2D eigenvalue weighted by Crippen LogP contribution is -2.36. The molecule has 5 aromatic heterocycles. The Morgan fingerprint density at radius 1 is 1.17 bits per heavy atom. The average Bonchev–Trinajstić information content (AvgIpc) is 3.17. The molecule has 7 rings (SSSR count). The van der Waals surface area contributed by atoms with Crippen LogP contribution in [0.1, 0.15) is 32.1 Å². The molecular weight excluding hydrogens is 476 g/mol. The Hall–Kier alpha value is -3.57. The van der Waals surface area contributed by atoms with Crippen molar-refractivity contribution in [2.75, 3.05) is 25.0 Å². The van der Waals surface area contributed by atoms with Gasteiger partial charge in [-0.15, -0.1) is 11.3 Å². The number of aromatic amines is 1. The molecule has 36 heavy (non-hydrogen) atoms. The standard InChI is InChI=1S/C25H26N8O2S/c1-31-13-15(11-27-31)18-14-33-24(36-18)20-22(30-33)21-17(29-23(20)35)10-16(12-26-21)28-19(34)2-7-32-8-5-25(3-4-25)6-9-32/h10-14H,2-9H2,1H3,(H,28,34)(H,29,35). The van der Waals surface area contributed by atoms with Crippen LogP contribution in [0.15, 0.2) is 35.6 Å². The van der Waals surface area contributed by atoms with E-state index >= 15 is 0 Å². The average molecular weight is 503 g/mol. The zero-order valence-electron chi connectivity index (χ0n) is 20.0. The number of nitrogens with zero attached hydrogens (tertiary/aromatic N) is 6. The fourth-order valence-electron chi connectivity index (χ4n) is 5.31. The van der Waals surface area contributed by atoms with E-state index in [1.165, 1.54) is 37.0 Å². The molecular formula is C25H26N8O2S. The molecule has 0 unspecified atom stereocenters. The highest BCUT2D eigenvalue weighted by Gasteiger charge is 2.44. The zero-order chi connectivity index (χ0) is 24.4. The van der Waals surface area contributed by atoms with E-state index in [9.17, 15) is 9.59 Å². The summed E-state index contributed by atoms with van der Waals surface area (Å²) in [5, 5.41) is 12.3. The van der Waals surface area contributed by atoms with Crippen LogP contribution in [-0.4, -0.2) is 59.8 Å². The van der Waals surface area contributed by atoms with Gasteiger partial charge in [-0.3, -0.25) is 19.3 Å². The smallest absolute Gasteiger partial charge is 0.261 e. The Morgan fingerprint density at radius 2 is 2.00 bits per heavy atom. The van der Waals surface area contributed by atoms with Gasteiger partial charge < -0.3 is 15.2 Å². The van der Waals surface area contributed by atoms with Gasteiger partial charge in [0.1, 0.15) is 21.3 Å². The van der Waals surface area contributed by atoms with Gasteiger partial charge in [-0.1, -0.05) is 0 Å². The number of carbonyl (C=O) groups is 1. The fourth-order valence-corrected chi connectivity index (χ4v) is 6.37. The molecule has 2 fully saturated rings. The van der Waals surface area contributed by atoms with E-state index in [-0.39, 0.29) is 11.5 Å². The highest BCUT2D eigenvalue weighted by atomic mass is 32.1. The molecule has 11 heteroatoms. The van der Waals surface area contributed by atoms with Crippen LogP contribution < -0.4 is 10.9 Å². The molecule has 1 saturated carbocycles. The molecule has 1 aliphatic heterocycles. The molecule has 5 aromatic rings. The Labute approximate surface area is 209 Å². The van der Waals surface area contributed by atoms with Crippen molar-refractivity contribution in [3.05, 3.63) is 41.2 Å². The molecule has 0 bridgehead atoms. The molecule has 1 amide bonds. The van der Waals surface area contributed by atoms with Gasteiger partial charge in [-0.2, -0.15) is 10.2 Å². The molecule has 184 valence electrons. The number of H-pyrrole nitrogens is 1. The molecule has 0 radical (unpaired) electrons. The number of pyridine rings is 2. The van der Waals surface area contributed by atoms with Crippen LogP contribution in [0.3, 0.4) is 0 Å². The van der Waals surface area contributed by atoms with E-state index in [0.717, 1.165) is 34.9 Å². The predicted octanol–water partition coefficient (Wildman–Crippen LogP) is 3.39. The number of hydrogen-bond acceptors (Lipinski definition) is 7. The van der Waals surface area contributed by atoms with Gasteiger partial charge in [0, 0.05) is 38.0 Å². The Bertz CT molecular complexity index is 1700. The molecule has 1 saturated heterocycles. The third-order valence-electron chi connectivity index (χ3n) is 7.70. The number of likely N-dealkylation sites (tertiary alicyclic amines) is 1. The summed E-state index contributed by atoms with van der Waals surface area (Å²) in [4.78, 5) is 37.2. The lowest BCUT2D eigenvalue weighted by molar-refractivity contribution is -0.116. The van der Waals surface area contributed by atoms with Crippen LogP contribution in [0, 0.1) is 5.41 Å². The lowest BCUT2D eigenvalue weighted by atomic mass is 9.94. The second kappa shape index (κ2) is 7.97. The van der Waals surface area contributed by atoms with Gasteiger partial charge in [-0.25, -0.2) is 4.52 Å². The van der Waals surface area contributed by atoms with Crippen LogP contribution in [0.4, 0.5) is 5.69 Å². The second-order valence-corrected chi connectivity index (χ2v) is 11.2. The number of nitrogens with one attached hydrogen (secondary N) is 2. The summed E-state index contributed by atoms with van der Waals surface area (Å²) in [7, 11) is 1.87. The number of rotatable bonds is 5. The quantitative estimate of drug-likeness (QED) is 0.381. The number of piperidine rings is 1. The van der Waals surface area contributed by atoms with E-state index < -0.39 is 0 Å². The monoisotopic (exact) mass is 502 g/mol. The first-order valence-corrected chi connectivity index (χ1v) is 13.1. The normalized spacial score (nSPS) is 17.5. The SMILES string of the molecule is Cn1cc(-c2cn3nc4c5ncc(NC(=O)CCN6CCC7(CC6)CC7)cc5[nH]c(=O)c4c3s2)cn1. The molecule has 2 N–H and O–H groups in total. The van der Waals surface area contributed by atoms with Crippen molar-refractivity contribution in [2.24, 2.45) is 12.5 Å². The fraction of sp³-hybridized carbons (Fsp3) is 0.400. The maximum absolute atomic E-state index is 13.0. The molecule has 1 spiro atoms. The summed E-state index contributed by atoms with van der Waals surface area (Å²) in [6, 6.07) is 1.76. The maximum Gasteiger partial charge on any atom is 0.261 e. The Balaban J connectivity index is 1.11. The van der Waals surface area contributed by atoms with Crippen molar-refractivity contribution in [3.8, 4) is 10.4 Å². The van der Waals surface area contributed by atoms with E-state index in [4.69, 9.17) is 0 Å². The van der Waals surface area contributed by atoms with E-state index in [1.807, 2.05) is 19.4 Å². The van der Waals surface area contributed by atoms with Crippen molar-refractivity contribution >= 4 is 49.7 Å². The lowest BCUT2D eigenvalue weighted by Gasteiger charge is -2.31. The number of hydrogen-bond donors (Lipinski definition) is 2. The minimum atomic E-state index is -0.226. The predicted molar refractivity (Wildman–Crippen MR) is 139 cm³/mol. The molecule has 0 atom stereocenters. The minimum absolute atomic E-state index is 0.0447. The molecule has 6 heterocycles. The topological polar surface area (TPSA) is 113 Å². The Morgan fingerprint density at radius 3 is 2.75 bits per heavy atom. The first-order chi connectivity index (χ1) is 17.5. The first kappa shape index (κ1) is 21.7. The maximum atomic E-state index is 13.0. The van der Waals surface area contributed by atoms with Crippen molar-refractivity contribution in [1.29, 1.82) is 0 Å². The van der Waals surface area contributed by atoms with Crippen molar-refractivity contribution in [3.63, 3.8) is 0 Å². The molecule has 2 aliphatic rings. The number of thiazole rings is 1.